The largest absolute Gasteiger partial charge is 0.445 e. The first kappa shape index (κ1) is 22.2. The molecule has 3 amide bonds. The number of carbonyl (C=O) groups is 3. The standard InChI is InChI=1S/C21H28N4O4/c1-14(2)10-18(25-21(28)29-13-15-6-4-3-5-7-15)20(27)24-17(12-22)11-16-8-9-23-19(16)26/h3-7,14,16-18H,8-11,13H2,1-2H3,(H,23,26)(H,24,27)(H,25,28)/t16-,17-,18-/m0/s1. The van der Waals surface area contributed by atoms with Crippen molar-refractivity contribution in [2.45, 2.75) is 51.8 Å². The number of carbonyl (C=O) groups excluding carboxylic acids is 3. The molecule has 0 aliphatic carbocycles. The van der Waals surface area contributed by atoms with E-state index in [2.05, 4.69) is 16.0 Å². The highest BCUT2D eigenvalue weighted by molar-refractivity contribution is 5.86. The molecular weight excluding hydrogens is 372 g/mol. The molecule has 8 nitrogen and oxygen atoms in total. The minimum atomic E-state index is -0.827. The molecule has 3 atom stereocenters. The summed E-state index contributed by atoms with van der Waals surface area (Å²) in [5.74, 6) is -0.699. The van der Waals surface area contributed by atoms with Gasteiger partial charge in [-0.05, 0) is 30.7 Å². The lowest BCUT2D eigenvalue weighted by molar-refractivity contribution is -0.125. The fourth-order valence-electron chi connectivity index (χ4n) is 3.18. The Balaban J connectivity index is 1.91. The predicted molar refractivity (Wildman–Crippen MR) is 106 cm³/mol. The van der Waals surface area contributed by atoms with E-state index < -0.39 is 24.1 Å². The molecule has 0 radical (unpaired) electrons. The first-order valence-corrected chi connectivity index (χ1v) is 9.84. The highest BCUT2D eigenvalue weighted by Crippen LogP contribution is 2.16. The number of nitrogens with one attached hydrogen (secondary N) is 3. The predicted octanol–water partition coefficient (Wildman–Crippen LogP) is 1.86. The van der Waals surface area contributed by atoms with Crippen molar-refractivity contribution in [3.05, 3.63) is 35.9 Å². The monoisotopic (exact) mass is 400 g/mol. The SMILES string of the molecule is CC(C)C[C@H](NC(=O)OCc1ccccc1)C(=O)N[C@H](C#N)C[C@@H]1CCNC1=O. The summed E-state index contributed by atoms with van der Waals surface area (Å²) in [4.78, 5) is 36.6. The van der Waals surface area contributed by atoms with E-state index in [0.717, 1.165) is 5.56 Å². The first-order valence-electron chi connectivity index (χ1n) is 9.84. The Morgan fingerprint density at radius 3 is 2.59 bits per heavy atom. The molecule has 1 saturated heterocycles. The van der Waals surface area contributed by atoms with Crippen LogP contribution >= 0.6 is 0 Å². The van der Waals surface area contributed by atoms with E-state index in [4.69, 9.17) is 4.74 Å². The number of hydrogen-bond acceptors (Lipinski definition) is 5. The van der Waals surface area contributed by atoms with Crippen LogP contribution < -0.4 is 16.0 Å². The van der Waals surface area contributed by atoms with Crippen LogP contribution in [0.3, 0.4) is 0 Å². The van der Waals surface area contributed by atoms with Crippen molar-refractivity contribution < 1.29 is 19.1 Å². The number of nitriles is 1. The first-order chi connectivity index (χ1) is 13.9. The number of benzene rings is 1. The maximum absolute atomic E-state index is 12.7. The van der Waals surface area contributed by atoms with Crippen molar-refractivity contribution in [2.24, 2.45) is 11.8 Å². The minimum Gasteiger partial charge on any atom is -0.445 e. The molecule has 1 aromatic rings. The molecule has 1 heterocycles. The molecule has 156 valence electrons. The number of alkyl carbamates (subject to hydrolysis) is 1. The van der Waals surface area contributed by atoms with Crippen LogP contribution in [0.15, 0.2) is 30.3 Å². The van der Waals surface area contributed by atoms with Gasteiger partial charge in [0.1, 0.15) is 18.7 Å². The molecule has 0 aromatic heterocycles. The molecule has 1 fully saturated rings. The average molecular weight is 400 g/mol. The van der Waals surface area contributed by atoms with Crippen molar-refractivity contribution in [3.8, 4) is 6.07 Å². The molecule has 0 unspecified atom stereocenters. The lowest BCUT2D eigenvalue weighted by atomic mass is 9.98. The Morgan fingerprint density at radius 2 is 2.00 bits per heavy atom. The van der Waals surface area contributed by atoms with Gasteiger partial charge in [0.25, 0.3) is 0 Å². The van der Waals surface area contributed by atoms with Gasteiger partial charge in [0, 0.05) is 12.5 Å². The number of hydrogen-bond donors (Lipinski definition) is 3. The zero-order valence-corrected chi connectivity index (χ0v) is 16.8. The highest BCUT2D eigenvalue weighted by Gasteiger charge is 2.30. The second kappa shape index (κ2) is 11.1. The molecular formula is C21H28N4O4. The smallest absolute Gasteiger partial charge is 0.408 e. The lowest BCUT2D eigenvalue weighted by Crippen LogP contribution is -2.50. The molecule has 0 bridgehead atoms. The zero-order chi connectivity index (χ0) is 21.2. The summed E-state index contributed by atoms with van der Waals surface area (Å²) < 4.78 is 5.20. The lowest BCUT2D eigenvalue weighted by Gasteiger charge is -2.22. The van der Waals surface area contributed by atoms with Gasteiger partial charge in [-0.15, -0.1) is 0 Å². The minimum absolute atomic E-state index is 0.0964. The molecule has 0 saturated carbocycles. The Labute approximate surface area is 171 Å². The molecule has 2 rings (SSSR count). The van der Waals surface area contributed by atoms with Crippen LogP contribution in [0.2, 0.25) is 0 Å². The van der Waals surface area contributed by atoms with Gasteiger partial charge in [-0.25, -0.2) is 4.79 Å². The number of amides is 3. The van der Waals surface area contributed by atoms with Crippen molar-refractivity contribution in [3.63, 3.8) is 0 Å². The van der Waals surface area contributed by atoms with Gasteiger partial charge < -0.3 is 20.7 Å². The van der Waals surface area contributed by atoms with Crippen LogP contribution in [0.5, 0.6) is 0 Å². The van der Waals surface area contributed by atoms with E-state index in [1.54, 1.807) is 0 Å². The van der Waals surface area contributed by atoms with E-state index in [1.165, 1.54) is 0 Å². The Hall–Kier alpha value is -3.08. The van der Waals surface area contributed by atoms with E-state index in [0.29, 0.717) is 19.4 Å². The summed E-state index contributed by atoms with van der Waals surface area (Å²) in [5, 5.41) is 17.3. The van der Waals surface area contributed by atoms with E-state index in [-0.39, 0.29) is 30.8 Å². The van der Waals surface area contributed by atoms with E-state index in [9.17, 15) is 19.6 Å². The number of nitrogens with zero attached hydrogens (tertiary/aromatic N) is 1. The van der Waals surface area contributed by atoms with Gasteiger partial charge in [0.05, 0.1) is 6.07 Å². The Kier molecular flexibility index (Phi) is 8.46. The van der Waals surface area contributed by atoms with Gasteiger partial charge in [-0.3, -0.25) is 9.59 Å². The molecule has 0 spiro atoms. The average Bonchev–Trinajstić information content (AvgIpc) is 3.10. The molecule has 3 N–H and O–H groups in total. The van der Waals surface area contributed by atoms with E-state index in [1.807, 2.05) is 50.2 Å². The van der Waals surface area contributed by atoms with Gasteiger partial charge in [-0.2, -0.15) is 5.26 Å². The van der Waals surface area contributed by atoms with Crippen LogP contribution in [0.25, 0.3) is 0 Å². The zero-order valence-electron chi connectivity index (χ0n) is 16.8. The van der Waals surface area contributed by atoms with Crippen LogP contribution in [0, 0.1) is 23.2 Å². The summed E-state index contributed by atoms with van der Waals surface area (Å²) in [5.41, 5.74) is 0.840. The number of ether oxygens (including phenoxy) is 1. The van der Waals surface area contributed by atoms with Gasteiger partial charge in [0.15, 0.2) is 0 Å². The summed E-state index contributed by atoms with van der Waals surface area (Å²) in [6.07, 6.45) is 0.597. The highest BCUT2D eigenvalue weighted by atomic mass is 16.5. The summed E-state index contributed by atoms with van der Waals surface area (Å²) in [6, 6.07) is 9.64. The maximum atomic E-state index is 12.7. The second-order valence-electron chi connectivity index (χ2n) is 7.59. The molecule has 29 heavy (non-hydrogen) atoms. The molecule has 1 aliphatic heterocycles. The van der Waals surface area contributed by atoms with Gasteiger partial charge in [-0.1, -0.05) is 44.2 Å². The third-order valence-corrected chi connectivity index (χ3v) is 4.68. The third kappa shape index (κ3) is 7.45. The molecule has 1 aromatic carbocycles. The van der Waals surface area contributed by atoms with Crippen molar-refractivity contribution in [2.75, 3.05) is 6.54 Å². The van der Waals surface area contributed by atoms with Crippen LogP contribution in [0.1, 0.15) is 38.7 Å². The van der Waals surface area contributed by atoms with Crippen LogP contribution in [-0.2, 0) is 20.9 Å². The topological polar surface area (TPSA) is 120 Å². The molecule has 1 aliphatic rings. The normalized spacial score (nSPS) is 17.7. The van der Waals surface area contributed by atoms with Gasteiger partial charge in [0.2, 0.25) is 11.8 Å². The summed E-state index contributed by atoms with van der Waals surface area (Å²) in [7, 11) is 0. The van der Waals surface area contributed by atoms with Crippen molar-refractivity contribution in [1.29, 1.82) is 5.26 Å². The fraction of sp³-hybridized carbons (Fsp3) is 0.524. The number of rotatable bonds is 9. The summed E-state index contributed by atoms with van der Waals surface area (Å²) in [6.45, 7) is 4.55. The third-order valence-electron chi connectivity index (χ3n) is 4.68. The second-order valence-corrected chi connectivity index (χ2v) is 7.59. The maximum Gasteiger partial charge on any atom is 0.408 e. The quantitative estimate of drug-likeness (QED) is 0.584. The Bertz CT molecular complexity index is 745. The summed E-state index contributed by atoms with van der Waals surface area (Å²) >= 11 is 0. The Morgan fingerprint density at radius 1 is 1.28 bits per heavy atom. The van der Waals surface area contributed by atoms with Crippen LogP contribution in [-0.4, -0.2) is 36.5 Å². The van der Waals surface area contributed by atoms with Crippen LogP contribution in [0.4, 0.5) is 4.79 Å². The molecule has 8 heteroatoms. The van der Waals surface area contributed by atoms with Crippen molar-refractivity contribution in [1.82, 2.24) is 16.0 Å². The van der Waals surface area contributed by atoms with E-state index >= 15 is 0 Å². The van der Waals surface area contributed by atoms with Gasteiger partial charge >= 0.3 is 6.09 Å². The van der Waals surface area contributed by atoms with Crippen molar-refractivity contribution >= 4 is 17.9 Å². The fourth-order valence-corrected chi connectivity index (χ4v) is 3.18.